The van der Waals surface area contributed by atoms with Gasteiger partial charge in [0.2, 0.25) is 0 Å². The zero-order chi connectivity index (χ0) is 17.2. The van der Waals surface area contributed by atoms with Crippen LogP contribution >= 0.6 is 7.82 Å². The molecule has 0 amide bonds. The molecule has 0 aliphatic rings. The molecule has 0 saturated carbocycles. The Hall–Kier alpha value is -0.130. The maximum Gasteiger partial charge on any atom is 0.469 e. The Balaban J connectivity index is 3.01. The summed E-state index contributed by atoms with van der Waals surface area (Å²) in [5.41, 5.74) is 5.27. The van der Waals surface area contributed by atoms with Crippen LogP contribution in [0.2, 0.25) is 0 Å². The van der Waals surface area contributed by atoms with Crippen molar-refractivity contribution in [3.05, 3.63) is 0 Å². The van der Waals surface area contributed by atoms with E-state index in [0.717, 1.165) is 0 Å². The lowest BCUT2D eigenvalue weighted by molar-refractivity contribution is -0.0128. The summed E-state index contributed by atoms with van der Waals surface area (Å²) >= 11 is 0. The van der Waals surface area contributed by atoms with E-state index in [4.69, 9.17) is 39.2 Å². The van der Waals surface area contributed by atoms with Crippen LogP contribution in [0.3, 0.4) is 0 Å². The van der Waals surface area contributed by atoms with Crippen molar-refractivity contribution in [1.29, 1.82) is 0 Å². The number of rotatable bonds is 18. The van der Waals surface area contributed by atoms with Gasteiger partial charge in [-0.3, -0.25) is 4.52 Å². The fourth-order valence-electron chi connectivity index (χ4n) is 1.28. The van der Waals surface area contributed by atoms with Gasteiger partial charge in [0.15, 0.2) is 0 Å². The van der Waals surface area contributed by atoms with Crippen molar-refractivity contribution in [2.45, 2.75) is 0 Å². The highest BCUT2D eigenvalue weighted by Gasteiger charge is 2.12. The molecule has 4 N–H and O–H groups in total. The first kappa shape index (κ1) is 22.9. The summed E-state index contributed by atoms with van der Waals surface area (Å²) < 4.78 is 40.5. The zero-order valence-corrected chi connectivity index (χ0v) is 14.2. The van der Waals surface area contributed by atoms with Gasteiger partial charge in [-0.1, -0.05) is 0 Å². The van der Waals surface area contributed by atoms with E-state index in [2.05, 4.69) is 4.52 Å². The number of phosphoric ester groups is 1. The summed E-state index contributed by atoms with van der Waals surface area (Å²) in [6.45, 7) is 4.57. The maximum absolute atomic E-state index is 10.4. The molecule has 0 atom stereocenters. The van der Waals surface area contributed by atoms with Crippen molar-refractivity contribution in [3.63, 3.8) is 0 Å². The summed E-state index contributed by atoms with van der Waals surface area (Å²) in [4.78, 5) is 16.8. The van der Waals surface area contributed by atoms with Crippen molar-refractivity contribution >= 4 is 7.82 Å². The Labute approximate surface area is 136 Å². The molecule has 23 heavy (non-hydrogen) atoms. The maximum atomic E-state index is 10.4. The summed E-state index contributed by atoms with van der Waals surface area (Å²) in [7, 11) is -4.41. The van der Waals surface area contributed by atoms with Crippen LogP contribution in [0.1, 0.15) is 0 Å². The predicted molar refractivity (Wildman–Crippen MR) is 81.1 cm³/mol. The van der Waals surface area contributed by atoms with E-state index in [9.17, 15) is 4.57 Å². The van der Waals surface area contributed by atoms with Crippen LogP contribution in [-0.2, 0) is 32.8 Å². The highest BCUT2D eigenvalue weighted by atomic mass is 31.2. The van der Waals surface area contributed by atoms with Gasteiger partial charge in [-0.25, -0.2) is 4.57 Å². The van der Waals surface area contributed by atoms with E-state index in [1.807, 2.05) is 0 Å². The first-order valence-electron chi connectivity index (χ1n) is 7.35. The standard InChI is InChI=1S/C12H28NO9P/c13-1-2-17-3-4-18-5-6-19-7-8-20-9-10-21-11-12-22-23(14,15)16/h1-13H2,(H2,14,15,16). The van der Waals surface area contributed by atoms with E-state index >= 15 is 0 Å². The third-order valence-corrected chi connectivity index (χ3v) is 2.76. The van der Waals surface area contributed by atoms with Crippen LogP contribution in [0.5, 0.6) is 0 Å². The highest BCUT2D eigenvalue weighted by Crippen LogP contribution is 2.35. The summed E-state index contributed by atoms with van der Waals surface area (Å²) in [5, 5.41) is 0. The van der Waals surface area contributed by atoms with Crippen LogP contribution in [0, 0.1) is 0 Å². The fraction of sp³-hybridized carbons (Fsp3) is 1.00. The molecular formula is C12H28NO9P. The third-order valence-electron chi connectivity index (χ3n) is 2.24. The van der Waals surface area contributed by atoms with Gasteiger partial charge in [-0.2, -0.15) is 0 Å². The minimum Gasteiger partial charge on any atom is -0.378 e. The van der Waals surface area contributed by atoms with Crippen molar-refractivity contribution in [3.8, 4) is 0 Å². The Morgan fingerprint density at radius 2 is 0.913 bits per heavy atom. The largest absolute Gasteiger partial charge is 0.469 e. The number of nitrogens with two attached hydrogens (primary N) is 1. The number of ether oxygens (including phenoxy) is 5. The minimum absolute atomic E-state index is 0.0945. The quantitative estimate of drug-likeness (QED) is 0.209. The van der Waals surface area contributed by atoms with Crippen molar-refractivity contribution in [2.75, 3.05) is 79.2 Å². The monoisotopic (exact) mass is 361 g/mol. The van der Waals surface area contributed by atoms with Gasteiger partial charge in [0, 0.05) is 6.54 Å². The molecule has 0 heterocycles. The zero-order valence-electron chi connectivity index (χ0n) is 13.3. The fourth-order valence-corrected chi connectivity index (χ4v) is 1.59. The Bertz CT molecular complexity index is 290. The van der Waals surface area contributed by atoms with Crippen molar-refractivity contribution in [2.24, 2.45) is 5.73 Å². The van der Waals surface area contributed by atoms with Crippen LogP contribution in [-0.4, -0.2) is 89.0 Å². The SMILES string of the molecule is NCCOCCOCCOCCOCCOCCOP(=O)(O)O. The highest BCUT2D eigenvalue weighted by molar-refractivity contribution is 7.46. The summed E-state index contributed by atoms with van der Waals surface area (Å²) in [6.07, 6.45) is 0. The molecule has 0 aliphatic heterocycles. The molecular weight excluding hydrogens is 333 g/mol. The van der Waals surface area contributed by atoms with Crippen LogP contribution in [0.25, 0.3) is 0 Å². The molecule has 0 radical (unpaired) electrons. The van der Waals surface area contributed by atoms with Gasteiger partial charge in [0.25, 0.3) is 0 Å². The molecule has 0 aliphatic carbocycles. The van der Waals surface area contributed by atoms with Gasteiger partial charge in [0.1, 0.15) is 0 Å². The molecule has 0 aromatic rings. The minimum atomic E-state index is -4.41. The van der Waals surface area contributed by atoms with E-state index < -0.39 is 7.82 Å². The molecule has 0 saturated heterocycles. The molecule has 11 heteroatoms. The Morgan fingerprint density at radius 1 is 0.609 bits per heavy atom. The van der Waals surface area contributed by atoms with E-state index in [-0.39, 0.29) is 13.2 Å². The Morgan fingerprint density at radius 3 is 1.22 bits per heavy atom. The normalized spacial score (nSPS) is 12.0. The molecule has 0 rings (SSSR count). The molecule has 0 fully saturated rings. The molecule has 140 valence electrons. The summed E-state index contributed by atoms with van der Waals surface area (Å²) in [5.74, 6) is 0. The van der Waals surface area contributed by atoms with E-state index in [1.54, 1.807) is 0 Å². The van der Waals surface area contributed by atoms with Gasteiger partial charge >= 0.3 is 7.82 Å². The van der Waals surface area contributed by atoms with Crippen molar-refractivity contribution < 1.29 is 42.6 Å². The van der Waals surface area contributed by atoms with Gasteiger partial charge in [0.05, 0.1) is 72.7 Å². The third kappa shape index (κ3) is 21.9. The lowest BCUT2D eigenvalue weighted by Gasteiger charge is -2.08. The lowest BCUT2D eigenvalue weighted by Crippen LogP contribution is -2.15. The van der Waals surface area contributed by atoms with Gasteiger partial charge < -0.3 is 39.2 Å². The number of hydrogen-bond donors (Lipinski definition) is 3. The number of hydrogen-bond acceptors (Lipinski definition) is 8. The van der Waals surface area contributed by atoms with Crippen LogP contribution in [0.15, 0.2) is 0 Å². The molecule has 0 spiro atoms. The van der Waals surface area contributed by atoms with Crippen LogP contribution in [0.4, 0.5) is 0 Å². The topological polar surface area (TPSA) is 139 Å². The molecule has 0 unspecified atom stereocenters. The second-order valence-electron chi connectivity index (χ2n) is 4.17. The second-order valence-corrected chi connectivity index (χ2v) is 5.41. The molecule has 0 bridgehead atoms. The van der Waals surface area contributed by atoms with Crippen molar-refractivity contribution in [1.82, 2.24) is 0 Å². The predicted octanol–water partition coefficient (Wildman–Crippen LogP) is -0.863. The average molecular weight is 361 g/mol. The lowest BCUT2D eigenvalue weighted by atomic mass is 10.7. The Kier molecular flexibility index (Phi) is 16.6. The number of phosphoric acid groups is 1. The molecule has 0 aromatic heterocycles. The first-order valence-corrected chi connectivity index (χ1v) is 8.88. The average Bonchev–Trinajstić information content (AvgIpc) is 2.49. The smallest absolute Gasteiger partial charge is 0.378 e. The van der Waals surface area contributed by atoms with E-state index in [1.165, 1.54) is 0 Å². The van der Waals surface area contributed by atoms with Crippen LogP contribution < -0.4 is 5.73 Å². The first-order chi connectivity index (χ1) is 11.1. The van der Waals surface area contributed by atoms with Gasteiger partial charge in [-0.05, 0) is 0 Å². The van der Waals surface area contributed by atoms with E-state index in [0.29, 0.717) is 66.0 Å². The second kappa shape index (κ2) is 16.7. The summed E-state index contributed by atoms with van der Waals surface area (Å²) in [6, 6.07) is 0. The van der Waals surface area contributed by atoms with Gasteiger partial charge in [-0.15, -0.1) is 0 Å². The molecule has 0 aromatic carbocycles. The molecule has 10 nitrogen and oxygen atoms in total.